The van der Waals surface area contributed by atoms with Crippen molar-refractivity contribution in [1.29, 1.82) is 0 Å². The number of nitrogens with two attached hydrogens (primary N) is 1. The van der Waals surface area contributed by atoms with E-state index in [9.17, 15) is 5.11 Å². The lowest BCUT2D eigenvalue weighted by Crippen LogP contribution is -2.30. The highest BCUT2D eigenvalue weighted by atomic mass is 16.3. The summed E-state index contributed by atoms with van der Waals surface area (Å²) < 4.78 is 0. The highest BCUT2D eigenvalue weighted by Crippen LogP contribution is 2.00. The topological polar surface area (TPSA) is 49.5 Å². The Balaban J connectivity index is 3.40. The molecule has 3 heteroatoms. The van der Waals surface area contributed by atoms with Gasteiger partial charge in [-0.15, -0.1) is 0 Å². The van der Waals surface area contributed by atoms with Crippen LogP contribution in [0.25, 0.3) is 0 Å². The predicted molar refractivity (Wildman–Crippen MR) is 52.1 cm³/mol. The maximum atomic E-state index is 9.37. The summed E-state index contributed by atoms with van der Waals surface area (Å²) in [7, 11) is 2.07. The Morgan fingerprint density at radius 2 is 1.92 bits per heavy atom. The Labute approximate surface area is 75.6 Å². The third-order valence-corrected chi connectivity index (χ3v) is 2.20. The maximum Gasteiger partial charge on any atom is 0.0564 e. The first kappa shape index (κ1) is 11.9. The van der Waals surface area contributed by atoms with E-state index < -0.39 is 0 Å². The van der Waals surface area contributed by atoms with Crippen LogP contribution in [-0.2, 0) is 0 Å². The standard InChI is InChI=1S/C9H22N2O/c1-8(2)11(3)7-5-9(12)4-6-10/h8-9,12H,4-7,10H2,1-3H3. The molecule has 0 saturated heterocycles. The number of rotatable bonds is 6. The van der Waals surface area contributed by atoms with E-state index in [-0.39, 0.29) is 6.10 Å². The van der Waals surface area contributed by atoms with Crippen molar-refractivity contribution in [3.63, 3.8) is 0 Å². The molecule has 0 amide bonds. The van der Waals surface area contributed by atoms with Crippen molar-refractivity contribution in [3.05, 3.63) is 0 Å². The average molecular weight is 174 g/mol. The first-order valence-electron chi connectivity index (χ1n) is 4.66. The van der Waals surface area contributed by atoms with Gasteiger partial charge in [0.1, 0.15) is 0 Å². The van der Waals surface area contributed by atoms with E-state index in [1.54, 1.807) is 0 Å². The zero-order valence-electron chi connectivity index (χ0n) is 8.45. The smallest absolute Gasteiger partial charge is 0.0564 e. The molecule has 0 fully saturated rings. The molecular formula is C9H22N2O. The molecule has 74 valence electrons. The van der Waals surface area contributed by atoms with Gasteiger partial charge in [0.15, 0.2) is 0 Å². The molecule has 0 aromatic heterocycles. The van der Waals surface area contributed by atoms with Gasteiger partial charge in [-0.2, -0.15) is 0 Å². The molecule has 12 heavy (non-hydrogen) atoms. The van der Waals surface area contributed by atoms with Crippen molar-refractivity contribution in [3.8, 4) is 0 Å². The van der Waals surface area contributed by atoms with E-state index in [0.29, 0.717) is 19.0 Å². The summed E-state index contributed by atoms with van der Waals surface area (Å²) in [6.45, 7) is 5.82. The quantitative estimate of drug-likeness (QED) is 0.614. The molecular weight excluding hydrogens is 152 g/mol. The van der Waals surface area contributed by atoms with Gasteiger partial charge in [0, 0.05) is 12.6 Å². The van der Waals surface area contributed by atoms with Gasteiger partial charge < -0.3 is 15.7 Å². The molecule has 0 aliphatic rings. The minimum Gasteiger partial charge on any atom is -0.393 e. The van der Waals surface area contributed by atoms with Crippen LogP contribution in [0.1, 0.15) is 26.7 Å². The summed E-state index contributed by atoms with van der Waals surface area (Å²) in [6, 6.07) is 0.551. The van der Waals surface area contributed by atoms with Crippen LogP contribution in [0, 0.1) is 0 Å². The van der Waals surface area contributed by atoms with Gasteiger partial charge in [0.05, 0.1) is 6.10 Å². The highest BCUT2D eigenvalue weighted by Gasteiger charge is 2.06. The zero-order valence-corrected chi connectivity index (χ0v) is 8.45. The summed E-state index contributed by atoms with van der Waals surface area (Å²) in [6.07, 6.45) is 1.31. The largest absolute Gasteiger partial charge is 0.393 e. The maximum absolute atomic E-state index is 9.37. The SMILES string of the molecule is CC(C)N(C)CCC(O)CCN. The number of nitrogens with zero attached hydrogens (tertiary/aromatic N) is 1. The van der Waals surface area contributed by atoms with Gasteiger partial charge in [-0.1, -0.05) is 0 Å². The zero-order chi connectivity index (χ0) is 9.56. The van der Waals surface area contributed by atoms with Crippen LogP contribution in [0.4, 0.5) is 0 Å². The van der Waals surface area contributed by atoms with Crippen molar-refractivity contribution >= 4 is 0 Å². The molecule has 0 spiro atoms. The lowest BCUT2D eigenvalue weighted by molar-refractivity contribution is 0.134. The van der Waals surface area contributed by atoms with E-state index in [4.69, 9.17) is 5.73 Å². The normalized spacial score (nSPS) is 14.2. The van der Waals surface area contributed by atoms with Crippen LogP contribution in [0.3, 0.4) is 0 Å². The molecule has 0 aliphatic heterocycles. The molecule has 0 heterocycles. The van der Waals surface area contributed by atoms with Crippen molar-refractivity contribution in [1.82, 2.24) is 4.90 Å². The van der Waals surface area contributed by atoms with Crippen molar-refractivity contribution in [2.75, 3.05) is 20.1 Å². The minimum absolute atomic E-state index is 0.226. The second kappa shape index (κ2) is 6.40. The number of aliphatic hydroxyl groups is 1. The van der Waals surface area contributed by atoms with Gasteiger partial charge in [-0.05, 0) is 40.3 Å². The third-order valence-electron chi connectivity index (χ3n) is 2.20. The van der Waals surface area contributed by atoms with Crippen LogP contribution < -0.4 is 5.73 Å². The Hall–Kier alpha value is -0.120. The minimum atomic E-state index is -0.226. The summed E-state index contributed by atoms with van der Waals surface area (Å²) in [5, 5.41) is 9.37. The third kappa shape index (κ3) is 5.52. The molecule has 3 N–H and O–H groups in total. The van der Waals surface area contributed by atoms with E-state index in [2.05, 4.69) is 25.8 Å². The summed E-state index contributed by atoms with van der Waals surface area (Å²) >= 11 is 0. The first-order chi connectivity index (χ1) is 5.57. The van der Waals surface area contributed by atoms with E-state index in [1.165, 1.54) is 0 Å². The van der Waals surface area contributed by atoms with Crippen LogP contribution >= 0.6 is 0 Å². The molecule has 0 aromatic carbocycles. The molecule has 0 saturated carbocycles. The number of hydrogen-bond acceptors (Lipinski definition) is 3. The fraction of sp³-hybridized carbons (Fsp3) is 1.00. The monoisotopic (exact) mass is 174 g/mol. The molecule has 0 aromatic rings. The van der Waals surface area contributed by atoms with Gasteiger partial charge in [0.25, 0.3) is 0 Å². The summed E-state index contributed by atoms with van der Waals surface area (Å²) in [5.74, 6) is 0. The molecule has 0 aliphatic carbocycles. The molecule has 0 bridgehead atoms. The molecule has 1 unspecified atom stereocenters. The fourth-order valence-electron chi connectivity index (χ4n) is 0.948. The highest BCUT2D eigenvalue weighted by molar-refractivity contribution is 4.62. The summed E-state index contributed by atoms with van der Waals surface area (Å²) in [5.41, 5.74) is 5.32. The van der Waals surface area contributed by atoms with Crippen LogP contribution in [-0.4, -0.2) is 42.3 Å². The Kier molecular flexibility index (Phi) is 6.34. The second-order valence-corrected chi connectivity index (χ2v) is 3.59. The number of hydrogen-bond donors (Lipinski definition) is 2. The van der Waals surface area contributed by atoms with Crippen molar-refractivity contribution in [2.24, 2.45) is 5.73 Å². The molecule has 1 atom stereocenters. The number of aliphatic hydroxyl groups excluding tert-OH is 1. The van der Waals surface area contributed by atoms with E-state index >= 15 is 0 Å². The van der Waals surface area contributed by atoms with Crippen molar-refractivity contribution in [2.45, 2.75) is 38.8 Å². The first-order valence-corrected chi connectivity index (χ1v) is 4.66. The molecule has 0 rings (SSSR count). The van der Waals surface area contributed by atoms with Gasteiger partial charge >= 0.3 is 0 Å². The van der Waals surface area contributed by atoms with Gasteiger partial charge in [0.2, 0.25) is 0 Å². The Bertz CT molecular complexity index is 107. The average Bonchev–Trinajstić information content (AvgIpc) is 2.00. The van der Waals surface area contributed by atoms with E-state index in [0.717, 1.165) is 13.0 Å². The van der Waals surface area contributed by atoms with Crippen LogP contribution in [0.2, 0.25) is 0 Å². The van der Waals surface area contributed by atoms with E-state index in [1.807, 2.05) is 0 Å². The van der Waals surface area contributed by atoms with Gasteiger partial charge in [-0.3, -0.25) is 0 Å². The predicted octanol–water partition coefficient (Wildman–Crippen LogP) is 0.426. The van der Waals surface area contributed by atoms with Crippen LogP contribution in [0.5, 0.6) is 0 Å². The molecule has 3 nitrogen and oxygen atoms in total. The summed E-state index contributed by atoms with van der Waals surface area (Å²) in [4.78, 5) is 2.22. The molecule has 0 radical (unpaired) electrons. The fourth-order valence-corrected chi connectivity index (χ4v) is 0.948. The van der Waals surface area contributed by atoms with Crippen molar-refractivity contribution < 1.29 is 5.11 Å². The lowest BCUT2D eigenvalue weighted by Gasteiger charge is -2.22. The van der Waals surface area contributed by atoms with Gasteiger partial charge in [-0.25, -0.2) is 0 Å². The Morgan fingerprint density at radius 3 is 2.33 bits per heavy atom. The Morgan fingerprint density at radius 1 is 1.33 bits per heavy atom. The van der Waals surface area contributed by atoms with Crippen LogP contribution in [0.15, 0.2) is 0 Å². The second-order valence-electron chi connectivity index (χ2n) is 3.59. The lowest BCUT2D eigenvalue weighted by atomic mass is 10.2.